The second-order valence-electron chi connectivity index (χ2n) is 7.78. The number of pyridine rings is 1. The average molecular weight is 470 g/mol. The molecule has 1 aromatic heterocycles. The molecule has 1 fully saturated rings. The van der Waals surface area contributed by atoms with E-state index < -0.39 is 21.8 Å². The largest absolute Gasteiger partial charge is 0.487 e. The van der Waals surface area contributed by atoms with E-state index in [9.17, 15) is 17.6 Å². The van der Waals surface area contributed by atoms with E-state index >= 15 is 0 Å². The molecule has 0 aliphatic carbocycles. The minimum absolute atomic E-state index is 0.0164. The van der Waals surface area contributed by atoms with E-state index in [1.807, 2.05) is 18.2 Å². The van der Waals surface area contributed by atoms with Crippen LogP contribution < -0.4 is 10.1 Å². The van der Waals surface area contributed by atoms with Gasteiger partial charge < -0.3 is 10.1 Å². The monoisotopic (exact) mass is 469 g/mol. The number of ether oxygens (including phenoxy) is 1. The van der Waals surface area contributed by atoms with E-state index in [2.05, 4.69) is 10.3 Å². The molecule has 7 nitrogen and oxygen atoms in total. The molecule has 0 spiro atoms. The van der Waals surface area contributed by atoms with Gasteiger partial charge in [-0.25, -0.2) is 12.8 Å². The van der Waals surface area contributed by atoms with Crippen molar-refractivity contribution >= 4 is 21.6 Å². The van der Waals surface area contributed by atoms with Crippen molar-refractivity contribution in [3.63, 3.8) is 0 Å². The molecule has 0 saturated carbocycles. The summed E-state index contributed by atoms with van der Waals surface area (Å²) in [7, 11) is -3.80. The van der Waals surface area contributed by atoms with Crippen molar-refractivity contribution in [1.29, 1.82) is 0 Å². The van der Waals surface area contributed by atoms with Crippen LogP contribution in [-0.4, -0.2) is 36.7 Å². The summed E-state index contributed by atoms with van der Waals surface area (Å²) in [5, 5.41) is 2.86. The van der Waals surface area contributed by atoms with Crippen LogP contribution in [0.15, 0.2) is 77.8 Å². The van der Waals surface area contributed by atoms with Gasteiger partial charge in [-0.05, 0) is 61.4 Å². The van der Waals surface area contributed by atoms with Gasteiger partial charge in [-0.2, -0.15) is 4.31 Å². The highest BCUT2D eigenvalue weighted by molar-refractivity contribution is 7.89. The smallest absolute Gasteiger partial charge is 0.243 e. The molecule has 1 saturated heterocycles. The van der Waals surface area contributed by atoms with Gasteiger partial charge >= 0.3 is 0 Å². The maximum absolute atomic E-state index is 13.2. The fraction of sp³-hybridized carbons (Fsp3) is 0.250. The molecule has 1 aliphatic rings. The molecule has 9 heteroatoms. The Morgan fingerprint density at radius 1 is 1.12 bits per heavy atom. The van der Waals surface area contributed by atoms with Crippen molar-refractivity contribution in [3.05, 3.63) is 84.4 Å². The number of nitrogens with zero attached hydrogens (tertiary/aromatic N) is 2. The van der Waals surface area contributed by atoms with Crippen LogP contribution in [0.1, 0.15) is 18.5 Å². The van der Waals surface area contributed by atoms with Gasteiger partial charge in [0.25, 0.3) is 0 Å². The Labute approximate surface area is 192 Å². The first-order valence-electron chi connectivity index (χ1n) is 10.6. The van der Waals surface area contributed by atoms with Gasteiger partial charge in [0.05, 0.1) is 16.5 Å². The highest BCUT2D eigenvalue weighted by Crippen LogP contribution is 2.26. The Morgan fingerprint density at radius 3 is 2.70 bits per heavy atom. The number of halogens is 1. The summed E-state index contributed by atoms with van der Waals surface area (Å²) in [6.45, 7) is 0.693. The van der Waals surface area contributed by atoms with Crippen LogP contribution in [0.5, 0.6) is 5.75 Å². The van der Waals surface area contributed by atoms with Crippen LogP contribution in [0.3, 0.4) is 0 Å². The maximum Gasteiger partial charge on any atom is 0.243 e. The minimum atomic E-state index is -3.80. The van der Waals surface area contributed by atoms with Crippen LogP contribution in [-0.2, 0) is 21.4 Å². The van der Waals surface area contributed by atoms with Crippen LogP contribution >= 0.6 is 0 Å². The molecule has 33 heavy (non-hydrogen) atoms. The highest BCUT2D eigenvalue weighted by atomic mass is 32.2. The van der Waals surface area contributed by atoms with E-state index in [0.717, 1.165) is 17.8 Å². The zero-order valence-electron chi connectivity index (χ0n) is 17.9. The molecule has 1 aliphatic heterocycles. The number of aromatic nitrogens is 1. The zero-order chi connectivity index (χ0) is 23.3. The Bertz CT molecular complexity index is 1200. The first-order valence-corrected chi connectivity index (χ1v) is 12.1. The minimum Gasteiger partial charge on any atom is -0.487 e. The Kier molecular flexibility index (Phi) is 7.00. The molecule has 1 N–H and O–H groups in total. The lowest BCUT2D eigenvalue weighted by molar-refractivity contribution is -0.120. The number of hydrogen-bond acceptors (Lipinski definition) is 5. The van der Waals surface area contributed by atoms with Crippen molar-refractivity contribution in [3.8, 4) is 5.75 Å². The topological polar surface area (TPSA) is 88.6 Å². The third kappa shape index (κ3) is 5.74. The molecule has 1 atom stereocenters. The third-order valence-electron chi connectivity index (χ3n) is 5.42. The van der Waals surface area contributed by atoms with Crippen molar-refractivity contribution in [2.24, 2.45) is 5.92 Å². The Hall–Kier alpha value is -3.30. The summed E-state index contributed by atoms with van der Waals surface area (Å²) in [4.78, 5) is 17.1. The second-order valence-corrected chi connectivity index (χ2v) is 9.72. The number of anilines is 1. The van der Waals surface area contributed by atoms with Gasteiger partial charge in [0, 0.05) is 31.0 Å². The van der Waals surface area contributed by atoms with Gasteiger partial charge in [-0.1, -0.05) is 12.1 Å². The number of nitrogens with one attached hydrogen (secondary N) is 1. The summed E-state index contributed by atoms with van der Waals surface area (Å²) in [5.41, 5.74) is 1.36. The van der Waals surface area contributed by atoms with Crippen molar-refractivity contribution < 1.29 is 22.3 Å². The maximum atomic E-state index is 13.2. The number of carbonyl (C=O) groups excluding carboxylic acids is 1. The molecule has 2 aromatic carbocycles. The molecular formula is C24H24FN3O4S. The number of rotatable bonds is 7. The zero-order valence-corrected chi connectivity index (χ0v) is 18.7. The molecule has 4 rings (SSSR count). The molecule has 172 valence electrons. The highest BCUT2D eigenvalue weighted by Gasteiger charge is 2.33. The second kappa shape index (κ2) is 10.1. The lowest BCUT2D eigenvalue weighted by Gasteiger charge is -2.31. The summed E-state index contributed by atoms with van der Waals surface area (Å²) in [6, 6.07) is 17.3. The molecule has 0 bridgehead atoms. The SMILES string of the molecule is O=C(Nc1cccc(OCc2ccccn2)c1)C1CCCN(S(=O)(=O)c2ccc(F)cc2)C1. The van der Waals surface area contributed by atoms with Crippen LogP contribution in [0.4, 0.5) is 10.1 Å². The standard InChI is InChI=1S/C24H24FN3O4S/c25-19-9-11-23(12-10-19)33(30,31)28-14-4-5-18(16-28)24(29)27-20-7-3-8-22(15-20)32-17-21-6-1-2-13-26-21/h1-3,6-13,15,18H,4-5,14,16-17H2,(H,27,29). The van der Waals surface area contributed by atoms with Gasteiger partial charge in [0.15, 0.2) is 0 Å². The van der Waals surface area contributed by atoms with E-state index in [1.54, 1.807) is 30.5 Å². The summed E-state index contributed by atoms with van der Waals surface area (Å²) in [6.07, 6.45) is 2.84. The Balaban J connectivity index is 1.38. The number of sulfonamides is 1. The number of benzene rings is 2. The molecule has 0 radical (unpaired) electrons. The van der Waals surface area contributed by atoms with Gasteiger partial charge in [-0.15, -0.1) is 0 Å². The molecule has 2 heterocycles. The Morgan fingerprint density at radius 2 is 1.94 bits per heavy atom. The number of amides is 1. The lowest BCUT2D eigenvalue weighted by Crippen LogP contribution is -2.43. The van der Waals surface area contributed by atoms with E-state index in [-0.39, 0.29) is 17.3 Å². The summed E-state index contributed by atoms with van der Waals surface area (Å²) >= 11 is 0. The first-order chi connectivity index (χ1) is 15.9. The normalized spacial score (nSPS) is 16.8. The lowest BCUT2D eigenvalue weighted by atomic mass is 9.98. The molecule has 1 amide bonds. The van der Waals surface area contributed by atoms with Crippen LogP contribution in [0.25, 0.3) is 0 Å². The predicted octanol–water partition coefficient (Wildman–Crippen LogP) is 3.84. The number of hydrogen-bond donors (Lipinski definition) is 1. The van der Waals surface area contributed by atoms with Crippen LogP contribution in [0.2, 0.25) is 0 Å². The van der Waals surface area contributed by atoms with Crippen molar-refractivity contribution in [1.82, 2.24) is 9.29 Å². The van der Waals surface area contributed by atoms with E-state index in [0.29, 0.717) is 37.4 Å². The average Bonchev–Trinajstić information content (AvgIpc) is 2.84. The molecule has 3 aromatic rings. The first kappa shape index (κ1) is 22.9. The molecule has 1 unspecified atom stereocenters. The van der Waals surface area contributed by atoms with E-state index in [4.69, 9.17) is 4.74 Å². The van der Waals surface area contributed by atoms with Gasteiger partial charge in [0.2, 0.25) is 15.9 Å². The van der Waals surface area contributed by atoms with Crippen LogP contribution in [0, 0.1) is 11.7 Å². The fourth-order valence-electron chi connectivity index (χ4n) is 3.68. The third-order valence-corrected chi connectivity index (χ3v) is 7.30. The summed E-state index contributed by atoms with van der Waals surface area (Å²) in [5.74, 6) is -0.665. The van der Waals surface area contributed by atoms with E-state index in [1.165, 1.54) is 16.4 Å². The number of piperidine rings is 1. The molecular weight excluding hydrogens is 445 g/mol. The summed E-state index contributed by atoms with van der Waals surface area (Å²) < 4.78 is 46.0. The van der Waals surface area contributed by atoms with Crippen molar-refractivity contribution in [2.75, 3.05) is 18.4 Å². The predicted molar refractivity (Wildman–Crippen MR) is 122 cm³/mol. The van der Waals surface area contributed by atoms with Gasteiger partial charge in [-0.3, -0.25) is 9.78 Å². The number of carbonyl (C=O) groups is 1. The quantitative estimate of drug-likeness (QED) is 0.568. The van der Waals surface area contributed by atoms with Crippen molar-refractivity contribution in [2.45, 2.75) is 24.3 Å². The van der Waals surface area contributed by atoms with Gasteiger partial charge in [0.1, 0.15) is 18.2 Å². The fourth-order valence-corrected chi connectivity index (χ4v) is 5.20.